The largest absolute Gasteiger partial charge is 0.403 e. The van der Waals surface area contributed by atoms with Gasteiger partial charge >= 0.3 is 5.97 Å². The Kier molecular flexibility index (Phi) is 6.11. The molecule has 0 spiro atoms. The van der Waals surface area contributed by atoms with Gasteiger partial charge in [0.25, 0.3) is 0 Å². The summed E-state index contributed by atoms with van der Waals surface area (Å²) in [5.74, 6) is -1.16. The Morgan fingerprint density at radius 1 is 1.19 bits per heavy atom. The van der Waals surface area contributed by atoms with Crippen molar-refractivity contribution in [3.05, 3.63) is 63.6 Å². The van der Waals surface area contributed by atoms with Gasteiger partial charge in [-0.2, -0.15) is 5.10 Å². The maximum atomic E-state index is 13.4. The van der Waals surface area contributed by atoms with Gasteiger partial charge in [0.15, 0.2) is 9.84 Å². The highest BCUT2D eigenvalue weighted by molar-refractivity contribution is 7.90. The second kappa shape index (κ2) is 8.32. The summed E-state index contributed by atoms with van der Waals surface area (Å²) in [5.41, 5.74) is 1.23. The molecule has 0 radical (unpaired) electrons. The number of aryl methyl sites for hydroxylation is 3. The lowest BCUT2D eigenvalue weighted by atomic mass is 10.0. The molecule has 3 aromatic rings. The van der Waals surface area contributed by atoms with Crippen LogP contribution in [-0.4, -0.2) is 40.8 Å². The first-order valence-electron chi connectivity index (χ1n) is 9.39. The van der Waals surface area contributed by atoms with Crippen molar-refractivity contribution in [2.75, 3.05) is 6.26 Å². The van der Waals surface area contributed by atoms with Crippen LogP contribution in [0.3, 0.4) is 0 Å². The van der Waals surface area contributed by atoms with Crippen LogP contribution in [-0.2, 0) is 30.4 Å². The number of hydrogen-bond donors (Lipinski definition) is 0. The monoisotopic (exact) mass is 463 g/mol. The lowest BCUT2D eigenvalue weighted by Crippen LogP contribution is -2.14. The van der Waals surface area contributed by atoms with Crippen LogP contribution < -0.4 is 4.74 Å². The minimum atomic E-state index is -3.52. The lowest BCUT2D eigenvalue weighted by Gasteiger charge is -2.13. The second-order valence-electron chi connectivity index (χ2n) is 7.20. The van der Waals surface area contributed by atoms with E-state index in [0.717, 1.165) is 6.26 Å². The van der Waals surface area contributed by atoms with Gasteiger partial charge in [0, 0.05) is 38.3 Å². The fourth-order valence-electron chi connectivity index (χ4n) is 3.38. The topological polar surface area (TPSA) is 100 Å². The van der Waals surface area contributed by atoms with Gasteiger partial charge in [-0.25, -0.2) is 17.9 Å². The number of nitrogens with zero attached hydrogens (tertiary/aromatic N) is 3. The fraction of sp³-hybridized carbons (Fsp3) is 0.286. The van der Waals surface area contributed by atoms with E-state index in [4.69, 9.17) is 16.3 Å². The van der Waals surface area contributed by atoms with Gasteiger partial charge in [-0.3, -0.25) is 4.79 Å². The number of carbonyl (C=O) groups excluding carboxylic acids is 2. The SMILES string of the molecule is CCc1c(S(C)(=O)=O)ccc(C(=O)c2c(C)nn(C)c2OC(=O)c2ccn(C)c2)c1Cl. The van der Waals surface area contributed by atoms with Crippen LogP contribution in [0.5, 0.6) is 5.88 Å². The molecule has 0 bridgehead atoms. The average Bonchev–Trinajstić information content (AvgIpc) is 3.23. The van der Waals surface area contributed by atoms with Crippen molar-refractivity contribution in [2.45, 2.75) is 25.2 Å². The maximum absolute atomic E-state index is 13.4. The molecule has 0 atom stereocenters. The van der Waals surface area contributed by atoms with Gasteiger partial charge in [-0.05, 0) is 37.1 Å². The molecule has 0 aliphatic heterocycles. The van der Waals surface area contributed by atoms with Crippen molar-refractivity contribution in [1.29, 1.82) is 0 Å². The van der Waals surface area contributed by atoms with Crippen LogP contribution in [0.4, 0.5) is 0 Å². The molecule has 0 saturated heterocycles. The molecule has 8 nitrogen and oxygen atoms in total. The molecule has 0 fully saturated rings. The van der Waals surface area contributed by atoms with Crippen LogP contribution >= 0.6 is 11.6 Å². The van der Waals surface area contributed by atoms with Crippen LogP contribution in [0, 0.1) is 6.92 Å². The van der Waals surface area contributed by atoms with Gasteiger partial charge in [0.2, 0.25) is 11.7 Å². The van der Waals surface area contributed by atoms with Crippen molar-refractivity contribution in [3.8, 4) is 5.88 Å². The molecule has 0 saturated carbocycles. The van der Waals surface area contributed by atoms with Gasteiger partial charge in [-0.15, -0.1) is 0 Å². The first-order chi connectivity index (χ1) is 14.5. The van der Waals surface area contributed by atoms with E-state index in [1.165, 1.54) is 16.8 Å². The van der Waals surface area contributed by atoms with Gasteiger partial charge in [-0.1, -0.05) is 18.5 Å². The number of carbonyl (C=O) groups is 2. The minimum Gasteiger partial charge on any atom is -0.403 e. The number of ketones is 1. The molecule has 0 N–H and O–H groups in total. The van der Waals surface area contributed by atoms with Crippen LogP contribution in [0.25, 0.3) is 0 Å². The molecule has 1 aromatic carbocycles. The minimum absolute atomic E-state index is 0.0161. The van der Waals surface area contributed by atoms with E-state index in [1.54, 1.807) is 51.0 Å². The lowest BCUT2D eigenvalue weighted by molar-refractivity contribution is 0.0718. The maximum Gasteiger partial charge on any atom is 0.346 e. The molecule has 31 heavy (non-hydrogen) atoms. The van der Waals surface area contributed by atoms with Gasteiger partial charge in [0.05, 0.1) is 21.2 Å². The van der Waals surface area contributed by atoms with E-state index in [1.807, 2.05) is 0 Å². The smallest absolute Gasteiger partial charge is 0.346 e. The van der Waals surface area contributed by atoms with E-state index >= 15 is 0 Å². The molecule has 0 unspecified atom stereocenters. The number of aromatic nitrogens is 3. The number of benzene rings is 1. The quantitative estimate of drug-likeness (QED) is 0.411. The third-order valence-corrected chi connectivity index (χ3v) is 6.46. The van der Waals surface area contributed by atoms with Crippen molar-refractivity contribution in [1.82, 2.24) is 14.3 Å². The average molecular weight is 464 g/mol. The molecule has 10 heteroatoms. The molecule has 2 aromatic heterocycles. The predicted octanol–water partition coefficient (Wildman–Crippen LogP) is 3.14. The summed E-state index contributed by atoms with van der Waals surface area (Å²) in [6.07, 6.45) is 4.71. The summed E-state index contributed by atoms with van der Waals surface area (Å²) >= 11 is 6.46. The van der Waals surface area contributed by atoms with Crippen LogP contribution in [0.1, 0.15) is 44.5 Å². The van der Waals surface area contributed by atoms with E-state index in [-0.39, 0.29) is 26.9 Å². The molecular weight excluding hydrogens is 442 g/mol. The molecule has 3 rings (SSSR count). The Hall–Kier alpha value is -2.91. The van der Waals surface area contributed by atoms with Crippen molar-refractivity contribution in [3.63, 3.8) is 0 Å². The van der Waals surface area contributed by atoms with E-state index in [2.05, 4.69) is 5.10 Å². The van der Waals surface area contributed by atoms with Crippen molar-refractivity contribution < 1.29 is 22.7 Å². The van der Waals surface area contributed by atoms with Crippen molar-refractivity contribution >= 4 is 33.2 Å². The second-order valence-corrected chi connectivity index (χ2v) is 9.57. The number of sulfone groups is 1. The number of ether oxygens (including phenoxy) is 1. The highest BCUT2D eigenvalue weighted by Crippen LogP contribution is 2.33. The number of rotatable bonds is 6. The normalized spacial score (nSPS) is 11.5. The summed E-state index contributed by atoms with van der Waals surface area (Å²) in [4.78, 5) is 26.0. The highest BCUT2D eigenvalue weighted by Gasteiger charge is 2.28. The summed E-state index contributed by atoms with van der Waals surface area (Å²) in [6, 6.07) is 4.34. The third kappa shape index (κ3) is 4.28. The van der Waals surface area contributed by atoms with Crippen molar-refractivity contribution in [2.24, 2.45) is 14.1 Å². The molecule has 164 valence electrons. The first-order valence-corrected chi connectivity index (χ1v) is 11.7. The molecule has 0 aliphatic rings. The predicted molar refractivity (Wildman–Crippen MR) is 116 cm³/mol. The van der Waals surface area contributed by atoms with Crippen LogP contribution in [0.15, 0.2) is 35.5 Å². The fourth-order valence-corrected chi connectivity index (χ4v) is 4.83. The Bertz CT molecular complexity index is 1300. The molecule has 0 aliphatic carbocycles. The summed E-state index contributed by atoms with van der Waals surface area (Å²) in [6.45, 7) is 3.37. The zero-order valence-corrected chi connectivity index (χ0v) is 19.3. The number of esters is 1. The van der Waals surface area contributed by atoms with Gasteiger partial charge in [0.1, 0.15) is 5.56 Å². The Morgan fingerprint density at radius 3 is 2.42 bits per heavy atom. The molecule has 2 heterocycles. The summed E-state index contributed by atoms with van der Waals surface area (Å²) in [5, 5.41) is 4.27. The highest BCUT2D eigenvalue weighted by atomic mass is 35.5. The van der Waals surface area contributed by atoms with E-state index < -0.39 is 21.6 Å². The Morgan fingerprint density at radius 2 is 1.87 bits per heavy atom. The Balaban J connectivity index is 2.08. The van der Waals surface area contributed by atoms with E-state index in [0.29, 0.717) is 23.2 Å². The summed E-state index contributed by atoms with van der Waals surface area (Å²) in [7, 11) is -0.185. The van der Waals surface area contributed by atoms with Gasteiger partial charge < -0.3 is 9.30 Å². The van der Waals surface area contributed by atoms with E-state index in [9.17, 15) is 18.0 Å². The zero-order valence-electron chi connectivity index (χ0n) is 17.8. The standard InChI is InChI=1S/C21H22ClN3O5S/c1-6-14-16(31(5,28)29)8-7-15(18(14)22)19(26)17-12(2)23-25(4)20(17)30-21(27)13-9-10-24(3)11-13/h7-11H,6H2,1-5H3. The third-order valence-electron chi connectivity index (χ3n) is 4.85. The summed E-state index contributed by atoms with van der Waals surface area (Å²) < 4.78 is 32.6. The van der Waals surface area contributed by atoms with Crippen LogP contribution in [0.2, 0.25) is 5.02 Å². The molecule has 0 amide bonds. The molecular formula is C21H22ClN3O5S. The zero-order chi connectivity index (χ0) is 23.1. The number of hydrogen-bond acceptors (Lipinski definition) is 6. The number of halogens is 1. The first kappa shape index (κ1) is 22.8. The Labute approximate surface area is 185 Å².